The van der Waals surface area contributed by atoms with Gasteiger partial charge in [0.2, 0.25) is 0 Å². The summed E-state index contributed by atoms with van der Waals surface area (Å²) in [6, 6.07) is 5.74. The molecule has 1 aromatic heterocycles. The highest BCUT2D eigenvalue weighted by Gasteiger charge is 2.19. The Hall–Kier alpha value is -1.95. The molecule has 1 atom stereocenters. The van der Waals surface area contributed by atoms with Crippen molar-refractivity contribution >= 4 is 16.9 Å². The van der Waals surface area contributed by atoms with Crippen LogP contribution in [0.15, 0.2) is 18.2 Å². The van der Waals surface area contributed by atoms with Crippen LogP contribution in [0.5, 0.6) is 0 Å². The van der Waals surface area contributed by atoms with Crippen molar-refractivity contribution in [2.75, 3.05) is 20.1 Å². The summed E-state index contributed by atoms with van der Waals surface area (Å²) in [6.07, 6.45) is 2.17. The topological polar surface area (TPSA) is 63.1 Å². The number of carbonyl (C=O) groups is 1. The number of nitrogens with zero attached hydrogens (tertiary/aromatic N) is 4. The van der Waals surface area contributed by atoms with Crippen molar-refractivity contribution in [3.63, 3.8) is 0 Å². The molecule has 0 bridgehead atoms. The first-order valence-corrected chi connectivity index (χ1v) is 6.92. The van der Waals surface area contributed by atoms with Crippen molar-refractivity contribution in [2.45, 2.75) is 18.9 Å². The maximum atomic E-state index is 12.3. The number of aromatic nitrogens is 3. The Labute approximate surface area is 117 Å². The Morgan fingerprint density at radius 1 is 1.40 bits per heavy atom. The van der Waals surface area contributed by atoms with E-state index in [1.165, 1.54) is 0 Å². The van der Waals surface area contributed by atoms with E-state index in [0.29, 0.717) is 5.56 Å². The number of rotatable bonds is 2. The van der Waals surface area contributed by atoms with Crippen molar-refractivity contribution in [2.24, 2.45) is 7.05 Å². The summed E-state index contributed by atoms with van der Waals surface area (Å²) in [5.74, 6) is -0.0298. The van der Waals surface area contributed by atoms with E-state index in [-0.39, 0.29) is 11.9 Å². The first-order valence-electron chi connectivity index (χ1n) is 6.92. The monoisotopic (exact) mass is 273 g/mol. The van der Waals surface area contributed by atoms with E-state index < -0.39 is 0 Å². The molecule has 20 heavy (non-hydrogen) atoms. The normalized spacial score (nSPS) is 20.2. The van der Waals surface area contributed by atoms with Crippen molar-refractivity contribution in [3.8, 4) is 0 Å². The Kier molecular flexibility index (Phi) is 3.40. The number of likely N-dealkylation sites (N-methyl/N-ethyl adjacent to an activating group) is 1. The molecule has 2 heterocycles. The predicted octanol–water partition coefficient (Wildman–Crippen LogP) is 0.792. The van der Waals surface area contributed by atoms with Gasteiger partial charge in [-0.3, -0.25) is 4.79 Å². The van der Waals surface area contributed by atoms with Crippen LogP contribution in [0.2, 0.25) is 0 Å². The minimum absolute atomic E-state index is 0.0298. The van der Waals surface area contributed by atoms with Crippen LogP contribution in [0.1, 0.15) is 23.2 Å². The molecule has 1 saturated heterocycles. The SMILES string of the molecule is CN1CCC[C@@H](NC(=O)c2ccc3c(c2)nnn3C)C1. The van der Waals surface area contributed by atoms with Crippen LogP contribution in [0.4, 0.5) is 0 Å². The second-order valence-electron chi connectivity index (χ2n) is 5.49. The number of aryl methyl sites for hydroxylation is 1. The largest absolute Gasteiger partial charge is 0.348 e. The van der Waals surface area contributed by atoms with E-state index in [1.54, 1.807) is 10.7 Å². The van der Waals surface area contributed by atoms with Gasteiger partial charge in [-0.25, -0.2) is 4.68 Å². The molecule has 0 aliphatic carbocycles. The Morgan fingerprint density at radius 2 is 2.25 bits per heavy atom. The molecular formula is C14H19N5O. The molecule has 0 unspecified atom stereocenters. The maximum absolute atomic E-state index is 12.3. The number of benzene rings is 1. The van der Waals surface area contributed by atoms with Gasteiger partial charge in [0.1, 0.15) is 5.52 Å². The molecule has 1 aliphatic rings. The molecule has 1 amide bonds. The zero-order valence-corrected chi connectivity index (χ0v) is 11.8. The first-order chi connectivity index (χ1) is 9.63. The smallest absolute Gasteiger partial charge is 0.251 e. The summed E-state index contributed by atoms with van der Waals surface area (Å²) in [5, 5.41) is 11.1. The molecule has 0 saturated carbocycles. The van der Waals surface area contributed by atoms with Crippen LogP contribution in [0.3, 0.4) is 0 Å². The lowest BCUT2D eigenvalue weighted by molar-refractivity contribution is 0.0912. The fourth-order valence-corrected chi connectivity index (χ4v) is 2.73. The van der Waals surface area contributed by atoms with Crippen LogP contribution in [-0.4, -0.2) is 52.0 Å². The van der Waals surface area contributed by atoms with Gasteiger partial charge >= 0.3 is 0 Å². The van der Waals surface area contributed by atoms with Gasteiger partial charge < -0.3 is 10.2 Å². The molecule has 1 aromatic carbocycles. The van der Waals surface area contributed by atoms with Gasteiger partial charge in [-0.15, -0.1) is 5.10 Å². The standard InChI is InChI=1S/C14H19N5O/c1-18-7-3-4-11(9-18)15-14(20)10-5-6-13-12(8-10)16-17-19(13)2/h5-6,8,11H,3-4,7,9H2,1-2H3,(H,15,20)/t11-/m1/s1. The van der Waals surface area contributed by atoms with Gasteiger partial charge in [0, 0.05) is 25.2 Å². The zero-order valence-electron chi connectivity index (χ0n) is 11.8. The van der Waals surface area contributed by atoms with Crippen molar-refractivity contribution in [1.82, 2.24) is 25.2 Å². The minimum atomic E-state index is -0.0298. The average molecular weight is 273 g/mol. The maximum Gasteiger partial charge on any atom is 0.251 e. The van der Waals surface area contributed by atoms with Gasteiger partial charge in [0.05, 0.1) is 5.52 Å². The van der Waals surface area contributed by atoms with Gasteiger partial charge in [-0.2, -0.15) is 0 Å². The van der Waals surface area contributed by atoms with Gasteiger partial charge in [-0.1, -0.05) is 5.21 Å². The molecule has 6 nitrogen and oxygen atoms in total. The molecule has 1 fully saturated rings. The van der Waals surface area contributed by atoms with Crippen LogP contribution < -0.4 is 5.32 Å². The molecule has 3 rings (SSSR count). The molecule has 106 valence electrons. The van der Waals surface area contributed by atoms with E-state index in [4.69, 9.17) is 0 Å². The summed E-state index contributed by atoms with van der Waals surface area (Å²) in [5.41, 5.74) is 2.33. The fourth-order valence-electron chi connectivity index (χ4n) is 2.73. The summed E-state index contributed by atoms with van der Waals surface area (Å²) in [4.78, 5) is 14.5. The molecule has 0 radical (unpaired) electrons. The van der Waals surface area contributed by atoms with Crippen molar-refractivity contribution in [3.05, 3.63) is 23.8 Å². The number of hydrogen-bond acceptors (Lipinski definition) is 4. The summed E-state index contributed by atoms with van der Waals surface area (Å²) in [7, 11) is 3.93. The lowest BCUT2D eigenvalue weighted by Crippen LogP contribution is -2.46. The lowest BCUT2D eigenvalue weighted by Gasteiger charge is -2.30. The molecule has 1 aliphatic heterocycles. The van der Waals surface area contributed by atoms with Crippen LogP contribution in [-0.2, 0) is 7.05 Å². The third kappa shape index (κ3) is 2.51. The van der Waals surface area contributed by atoms with E-state index >= 15 is 0 Å². The Morgan fingerprint density at radius 3 is 3.05 bits per heavy atom. The number of hydrogen-bond donors (Lipinski definition) is 1. The second kappa shape index (κ2) is 5.20. The summed E-state index contributed by atoms with van der Waals surface area (Å²) >= 11 is 0. The van der Waals surface area contributed by atoms with Gasteiger partial charge in [0.15, 0.2) is 0 Å². The highest BCUT2D eigenvalue weighted by molar-refractivity contribution is 5.97. The molecule has 2 aromatic rings. The van der Waals surface area contributed by atoms with E-state index in [1.807, 2.05) is 19.2 Å². The van der Waals surface area contributed by atoms with Crippen LogP contribution in [0.25, 0.3) is 11.0 Å². The molecular weight excluding hydrogens is 254 g/mol. The second-order valence-corrected chi connectivity index (χ2v) is 5.49. The number of amides is 1. The van der Waals surface area contributed by atoms with Crippen LogP contribution in [0, 0.1) is 0 Å². The molecule has 6 heteroatoms. The minimum Gasteiger partial charge on any atom is -0.348 e. The van der Waals surface area contributed by atoms with Crippen molar-refractivity contribution in [1.29, 1.82) is 0 Å². The fraction of sp³-hybridized carbons (Fsp3) is 0.500. The third-order valence-corrected chi connectivity index (χ3v) is 3.83. The van der Waals surface area contributed by atoms with E-state index in [9.17, 15) is 4.79 Å². The number of nitrogens with one attached hydrogen (secondary N) is 1. The lowest BCUT2D eigenvalue weighted by atomic mass is 10.1. The van der Waals surface area contributed by atoms with E-state index in [2.05, 4.69) is 27.6 Å². The van der Waals surface area contributed by atoms with E-state index in [0.717, 1.165) is 37.0 Å². The first kappa shape index (κ1) is 13.1. The van der Waals surface area contributed by atoms with Gasteiger partial charge in [-0.05, 0) is 44.6 Å². The number of fused-ring (bicyclic) bond motifs is 1. The molecule has 0 spiro atoms. The number of likely N-dealkylation sites (tertiary alicyclic amines) is 1. The quantitative estimate of drug-likeness (QED) is 0.879. The summed E-state index contributed by atoms with van der Waals surface area (Å²) < 4.78 is 1.70. The highest BCUT2D eigenvalue weighted by atomic mass is 16.1. The zero-order chi connectivity index (χ0) is 14.1. The van der Waals surface area contributed by atoms with Gasteiger partial charge in [0.25, 0.3) is 5.91 Å². The average Bonchev–Trinajstić information content (AvgIpc) is 2.80. The Bertz CT molecular complexity index is 636. The predicted molar refractivity (Wildman–Crippen MR) is 76.5 cm³/mol. The third-order valence-electron chi connectivity index (χ3n) is 3.83. The highest BCUT2D eigenvalue weighted by Crippen LogP contribution is 2.14. The number of piperidine rings is 1. The number of carbonyl (C=O) groups excluding carboxylic acids is 1. The summed E-state index contributed by atoms with van der Waals surface area (Å²) in [6.45, 7) is 2.02. The van der Waals surface area contributed by atoms with Crippen molar-refractivity contribution < 1.29 is 4.79 Å². The molecule has 1 N–H and O–H groups in total. The van der Waals surface area contributed by atoms with Crippen LogP contribution >= 0.6 is 0 Å². The Balaban J connectivity index is 1.74.